The number of hydrogen-bond acceptors (Lipinski definition) is 4. The van der Waals surface area contributed by atoms with Gasteiger partial charge in [-0.2, -0.15) is 15.0 Å². The minimum atomic E-state index is -0.401. The molecular formula is C18H18N4O2. The molecular weight excluding hydrogens is 304 g/mol. The lowest BCUT2D eigenvalue weighted by Gasteiger charge is -2.32. The topological polar surface area (TPSA) is 81.6 Å². The van der Waals surface area contributed by atoms with Gasteiger partial charge in [-0.1, -0.05) is 18.2 Å². The Morgan fingerprint density at radius 1 is 1.17 bits per heavy atom. The first kappa shape index (κ1) is 15.8. The van der Waals surface area contributed by atoms with Crippen molar-refractivity contribution in [2.24, 2.45) is 10.9 Å². The second-order valence-electron chi connectivity index (χ2n) is 5.73. The Balaban J connectivity index is 1.90. The Kier molecular flexibility index (Phi) is 4.62. The van der Waals surface area contributed by atoms with Crippen LogP contribution in [-0.4, -0.2) is 28.9 Å². The van der Waals surface area contributed by atoms with Gasteiger partial charge in [0.05, 0.1) is 11.6 Å². The van der Waals surface area contributed by atoms with Crippen LogP contribution in [0.4, 0.5) is 5.69 Å². The largest absolute Gasteiger partial charge is 0.427 e. The highest BCUT2D eigenvalue weighted by atomic mass is 16.5. The lowest BCUT2D eigenvalue weighted by Crippen LogP contribution is -2.34. The molecule has 0 saturated carbocycles. The first-order chi connectivity index (χ1) is 11.7. The van der Waals surface area contributed by atoms with Crippen molar-refractivity contribution in [3.8, 4) is 6.07 Å². The number of anilines is 1. The molecule has 6 nitrogen and oxygen atoms in total. The summed E-state index contributed by atoms with van der Waals surface area (Å²) in [6, 6.07) is 14.6. The van der Waals surface area contributed by atoms with Crippen molar-refractivity contribution in [1.82, 2.24) is 4.73 Å². The second kappa shape index (κ2) is 7.01. The smallest absolute Gasteiger partial charge is 0.281 e. The van der Waals surface area contributed by atoms with Crippen molar-refractivity contribution < 1.29 is 10.0 Å². The number of carbonyl (C=O) groups is 1. The number of rotatable bonds is 2. The summed E-state index contributed by atoms with van der Waals surface area (Å²) in [6.07, 6.45) is 3.02. The van der Waals surface area contributed by atoms with Crippen LogP contribution in [0, 0.1) is 17.2 Å². The normalized spacial score (nSPS) is 16.0. The summed E-state index contributed by atoms with van der Waals surface area (Å²) in [7, 11) is 0. The van der Waals surface area contributed by atoms with Crippen LogP contribution in [0.25, 0.3) is 0 Å². The molecule has 0 aliphatic carbocycles. The van der Waals surface area contributed by atoms with E-state index in [0.717, 1.165) is 36.3 Å². The third kappa shape index (κ3) is 3.30. The van der Waals surface area contributed by atoms with E-state index in [-0.39, 0.29) is 11.4 Å². The van der Waals surface area contributed by atoms with E-state index in [4.69, 9.17) is 5.26 Å². The second-order valence-corrected chi connectivity index (χ2v) is 5.73. The molecule has 2 heterocycles. The molecule has 3 rings (SSSR count). The van der Waals surface area contributed by atoms with Crippen LogP contribution in [0.3, 0.4) is 0 Å². The zero-order valence-corrected chi connectivity index (χ0v) is 13.2. The van der Waals surface area contributed by atoms with Crippen molar-refractivity contribution in [2.75, 3.05) is 18.0 Å². The average Bonchev–Trinajstić information content (AvgIpc) is 2.63. The fourth-order valence-corrected chi connectivity index (χ4v) is 2.86. The molecule has 0 bridgehead atoms. The van der Waals surface area contributed by atoms with Crippen molar-refractivity contribution in [3.63, 3.8) is 0 Å². The predicted molar refractivity (Wildman–Crippen MR) is 88.5 cm³/mol. The highest BCUT2D eigenvalue weighted by molar-refractivity contribution is 6.00. The van der Waals surface area contributed by atoms with Gasteiger partial charge >= 0.3 is 0 Å². The van der Waals surface area contributed by atoms with Gasteiger partial charge in [-0.25, -0.2) is 0 Å². The molecule has 1 N–H and O–H groups in total. The maximum Gasteiger partial charge on any atom is 0.281 e. The number of aromatic nitrogens is 1. The summed E-state index contributed by atoms with van der Waals surface area (Å²) in [5.74, 6) is -0.312. The average molecular weight is 322 g/mol. The fraction of sp³-hybridized carbons (Fsp3) is 0.278. The minimum absolute atomic E-state index is 0.0893. The summed E-state index contributed by atoms with van der Waals surface area (Å²) in [4.78, 5) is 18.7. The zero-order chi connectivity index (χ0) is 16.9. The van der Waals surface area contributed by atoms with Crippen LogP contribution in [0.5, 0.6) is 0 Å². The number of piperidine rings is 1. The molecule has 2 aromatic rings. The van der Waals surface area contributed by atoms with Crippen molar-refractivity contribution in [3.05, 3.63) is 59.7 Å². The standard InChI is InChI=1S/C18H18N4O2/c19-13-14-8-11-21(12-9-14)16-6-2-1-5-15(16)18(23)20-17-7-3-4-10-22(17)24/h1-7,10,14,24H,8-9,11-12H2. The molecule has 1 amide bonds. The van der Waals surface area contributed by atoms with Crippen molar-refractivity contribution >= 4 is 11.6 Å². The maximum atomic E-state index is 12.6. The van der Waals surface area contributed by atoms with Crippen LogP contribution >= 0.6 is 0 Å². The molecule has 122 valence electrons. The molecule has 0 unspecified atom stereocenters. The summed E-state index contributed by atoms with van der Waals surface area (Å²) in [6.45, 7) is 1.49. The van der Waals surface area contributed by atoms with Gasteiger partial charge in [0.25, 0.3) is 5.91 Å². The van der Waals surface area contributed by atoms with Gasteiger partial charge in [-0.15, -0.1) is 0 Å². The summed E-state index contributed by atoms with van der Waals surface area (Å²) < 4.78 is 0.818. The number of nitrogens with zero attached hydrogens (tertiary/aromatic N) is 4. The van der Waals surface area contributed by atoms with Crippen LogP contribution in [0.15, 0.2) is 53.7 Å². The lowest BCUT2D eigenvalue weighted by molar-refractivity contribution is 0.0988. The zero-order valence-electron chi connectivity index (χ0n) is 13.2. The minimum Gasteiger partial charge on any atom is -0.427 e. The monoisotopic (exact) mass is 322 g/mol. The number of nitriles is 1. The van der Waals surface area contributed by atoms with Gasteiger partial charge in [-0.05, 0) is 37.1 Å². The highest BCUT2D eigenvalue weighted by Gasteiger charge is 2.22. The molecule has 0 spiro atoms. The molecule has 0 atom stereocenters. The van der Waals surface area contributed by atoms with Crippen LogP contribution in [0.2, 0.25) is 0 Å². The van der Waals surface area contributed by atoms with Gasteiger partial charge in [0.1, 0.15) is 0 Å². The van der Waals surface area contributed by atoms with E-state index >= 15 is 0 Å². The summed E-state index contributed by atoms with van der Waals surface area (Å²) >= 11 is 0. The number of carbonyl (C=O) groups excluding carboxylic acids is 1. The van der Waals surface area contributed by atoms with Crippen LogP contribution < -0.4 is 10.4 Å². The third-order valence-electron chi connectivity index (χ3n) is 4.19. The number of benzene rings is 1. The molecule has 1 saturated heterocycles. The first-order valence-corrected chi connectivity index (χ1v) is 7.88. The van der Waals surface area contributed by atoms with E-state index in [1.165, 1.54) is 6.20 Å². The van der Waals surface area contributed by atoms with E-state index in [2.05, 4.69) is 16.0 Å². The lowest BCUT2D eigenvalue weighted by atomic mass is 9.97. The SMILES string of the molecule is N#CC1CCN(c2ccccc2C(=O)N=c2ccccn2O)CC1. The number of para-hydroxylation sites is 1. The van der Waals surface area contributed by atoms with E-state index in [0.29, 0.717) is 5.56 Å². The van der Waals surface area contributed by atoms with Crippen molar-refractivity contribution in [2.45, 2.75) is 12.8 Å². The van der Waals surface area contributed by atoms with Gasteiger partial charge in [0.2, 0.25) is 0 Å². The van der Waals surface area contributed by atoms with Gasteiger partial charge in [0.15, 0.2) is 5.49 Å². The van der Waals surface area contributed by atoms with E-state index < -0.39 is 5.91 Å². The first-order valence-electron chi connectivity index (χ1n) is 7.88. The van der Waals surface area contributed by atoms with E-state index in [9.17, 15) is 10.0 Å². The van der Waals surface area contributed by atoms with E-state index in [1.807, 2.05) is 12.1 Å². The highest BCUT2D eigenvalue weighted by Crippen LogP contribution is 2.26. The number of hydrogen-bond donors (Lipinski definition) is 1. The van der Waals surface area contributed by atoms with Gasteiger partial charge in [0, 0.05) is 30.9 Å². The maximum absolute atomic E-state index is 12.6. The Morgan fingerprint density at radius 3 is 2.58 bits per heavy atom. The molecule has 1 fully saturated rings. The predicted octanol–water partition coefficient (Wildman–Crippen LogP) is 2.21. The molecule has 1 aromatic heterocycles. The number of amides is 1. The molecule has 6 heteroatoms. The molecule has 1 aliphatic heterocycles. The Hall–Kier alpha value is -3.07. The Bertz CT molecular complexity index is 842. The van der Waals surface area contributed by atoms with Crippen LogP contribution in [-0.2, 0) is 0 Å². The molecule has 1 aromatic carbocycles. The number of pyridine rings is 1. The fourth-order valence-electron chi connectivity index (χ4n) is 2.86. The molecule has 0 radical (unpaired) electrons. The van der Waals surface area contributed by atoms with Crippen molar-refractivity contribution in [1.29, 1.82) is 5.26 Å². The molecule has 24 heavy (non-hydrogen) atoms. The molecule has 1 aliphatic rings. The Morgan fingerprint density at radius 2 is 1.88 bits per heavy atom. The Labute approximate surface area is 139 Å². The van der Waals surface area contributed by atoms with Gasteiger partial charge in [-0.3, -0.25) is 4.79 Å². The van der Waals surface area contributed by atoms with Crippen LogP contribution in [0.1, 0.15) is 23.2 Å². The third-order valence-corrected chi connectivity index (χ3v) is 4.19. The quantitative estimate of drug-likeness (QED) is 0.860. The van der Waals surface area contributed by atoms with Gasteiger partial charge < -0.3 is 10.1 Å². The summed E-state index contributed by atoms with van der Waals surface area (Å²) in [5, 5.41) is 18.7. The summed E-state index contributed by atoms with van der Waals surface area (Å²) in [5.41, 5.74) is 1.50. The van der Waals surface area contributed by atoms with E-state index in [1.54, 1.807) is 30.3 Å².